The summed E-state index contributed by atoms with van der Waals surface area (Å²) in [5.41, 5.74) is 8.54. The van der Waals surface area contributed by atoms with Gasteiger partial charge in [0, 0.05) is 78.8 Å². The maximum absolute atomic E-state index is 12.9. The summed E-state index contributed by atoms with van der Waals surface area (Å²) in [4.78, 5) is 28.2. The lowest BCUT2D eigenvalue weighted by Crippen LogP contribution is -2.44. The van der Waals surface area contributed by atoms with Gasteiger partial charge in [0.1, 0.15) is 5.82 Å². The maximum Gasteiger partial charge on any atom is 0.255 e. The first-order valence-corrected chi connectivity index (χ1v) is 15.2. The summed E-state index contributed by atoms with van der Waals surface area (Å²) >= 11 is 0. The number of likely N-dealkylation sites (N-methyl/N-ethyl adjacent to an activating group) is 1. The summed E-state index contributed by atoms with van der Waals surface area (Å²) in [6, 6.07) is 30.3. The lowest BCUT2D eigenvalue weighted by molar-refractivity contribution is 0.102. The number of carbonyl (C=O) groups excluding carboxylic acids is 1. The molecule has 44 heavy (non-hydrogen) atoms. The molecule has 0 unspecified atom stereocenters. The molecular weight excluding hydrogens is 550 g/mol. The third-order valence-corrected chi connectivity index (χ3v) is 8.43. The molecule has 9 heteroatoms. The highest BCUT2D eigenvalue weighted by Gasteiger charge is 2.15. The second-order valence-electron chi connectivity index (χ2n) is 11.5. The molecule has 5 aromatic rings. The van der Waals surface area contributed by atoms with E-state index in [2.05, 4.69) is 79.8 Å². The molecule has 0 bridgehead atoms. The van der Waals surface area contributed by atoms with Crippen LogP contribution in [0.4, 0.5) is 28.4 Å². The fourth-order valence-electron chi connectivity index (χ4n) is 5.77. The number of anilines is 5. The lowest BCUT2D eigenvalue weighted by Gasteiger charge is -2.34. The second kappa shape index (κ2) is 12.4. The third-order valence-electron chi connectivity index (χ3n) is 8.43. The van der Waals surface area contributed by atoms with Gasteiger partial charge >= 0.3 is 0 Å². The minimum atomic E-state index is -0.137. The summed E-state index contributed by atoms with van der Waals surface area (Å²) in [5.74, 6) is 0.626. The van der Waals surface area contributed by atoms with E-state index >= 15 is 0 Å². The number of hydrogen-bond donors (Lipinski definition) is 3. The van der Waals surface area contributed by atoms with Crippen LogP contribution in [0.25, 0.3) is 22.4 Å². The van der Waals surface area contributed by atoms with E-state index in [1.54, 1.807) is 0 Å². The van der Waals surface area contributed by atoms with E-state index in [0.29, 0.717) is 5.56 Å². The number of morpholine rings is 1. The molecule has 7 rings (SSSR count). The van der Waals surface area contributed by atoms with Crippen LogP contribution in [-0.2, 0) is 4.74 Å². The van der Waals surface area contributed by atoms with Crippen LogP contribution >= 0.6 is 0 Å². The van der Waals surface area contributed by atoms with Crippen LogP contribution in [-0.4, -0.2) is 80.3 Å². The summed E-state index contributed by atoms with van der Waals surface area (Å²) in [7, 11) is 2.15. The van der Waals surface area contributed by atoms with E-state index in [-0.39, 0.29) is 5.91 Å². The van der Waals surface area contributed by atoms with Crippen molar-refractivity contribution in [3.8, 4) is 11.4 Å². The first-order valence-electron chi connectivity index (χ1n) is 15.2. The van der Waals surface area contributed by atoms with Crippen molar-refractivity contribution in [1.29, 1.82) is 0 Å². The molecule has 0 aliphatic carbocycles. The number of piperazine rings is 1. The van der Waals surface area contributed by atoms with Gasteiger partial charge < -0.3 is 35.1 Å². The van der Waals surface area contributed by atoms with E-state index in [4.69, 9.17) is 9.72 Å². The van der Waals surface area contributed by atoms with Crippen LogP contribution in [0.5, 0.6) is 0 Å². The molecule has 4 aromatic carbocycles. The van der Waals surface area contributed by atoms with Crippen LogP contribution in [0.2, 0.25) is 0 Å². The number of H-pyrrole nitrogens is 1. The predicted molar refractivity (Wildman–Crippen MR) is 178 cm³/mol. The zero-order valence-corrected chi connectivity index (χ0v) is 24.9. The Hall–Kier alpha value is -4.86. The molecule has 2 aliphatic rings. The number of nitrogens with zero attached hydrogens (tertiary/aromatic N) is 4. The van der Waals surface area contributed by atoms with Crippen LogP contribution in [0.15, 0.2) is 91.0 Å². The van der Waals surface area contributed by atoms with Crippen LogP contribution in [0.1, 0.15) is 10.4 Å². The van der Waals surface area contributed by atoms with Gasteiger partial charge in [-0.15, -0.1) is 0 Å². The largest absolute Gasteiger partial charge is 0.378 e. The normalized spacial score (nSPS) is 15.8. The Morgan fingerprint density at radius 2 is 1.34 bits per heavy atom. The van der Waals surface area contributed by atoms with E-state index in [1.807, 2.05) is 48.5 Å². The molecule has 0 atom stereocenters. The zero-order chi connectivity index (χ0) is 29.9. The molecule has 0 saturated carbocycles. The van der Waals surface area contributed by atoms with Crippen molar-refractivity contribution in [1.82, 2.24) is 14.9 Å². The Kier molecular flexibility index (Phi) is 7.87. The highest BCUT2D eigenvalue weighted by Crippen LogP contribution is 2.27. The van der Waals surface area contributed by atoms with Gasteiger partial charge in [0.15, 0.2) is 0 Å². The summed E-state index contributed by atoms with van der Waals surface area (Å²) in [6.45, 7) is 7.56. The van der Waals surface area contributed by atoms with Crippen molar-refractivity contribution < 1.29 is 9.53 Å². The van der Waals surface area contributed by atoms with Gasteiger partial charge in [-0.3, -0.25) is 4.79 Å². The predicted octanol–water partition coefficient (Wildman–Crippen LogP) is 5.81. The van der Waals surface area contributed by atoms with Crippen molar-refractivity contribution in [3.05, 3.63) is 96.6 Å². The zero-order valence-electron chi connectivity index (χ0n) is 24.9. The Balaban J connectivity index is 0.979. The average Bonchev–Trinajstić information content (AvgIpc) is 3.50. The first kappa shape index (κ1) is 27.9. The third kappa shape index (κ3) is 6.24. The summed E-state index contributed by atoms with van der Waals surface area (Å²) in [6.07, 6.45) is 0. The molecule has 2 saturated heterocycles. The molecule has 1 amide bonds. The van der Waals surface area contributed by atoms with Crippen molar-refractivity contribution >= 4 is 45.4 Å². The summed E-state index contributed by atoms with van der Waals surface area (Å²) in [5, 5.41) is 6.52. The van der Waals surface area contributed by atoms with Gasteiger partial charge in [0.25, 0.3) is 5.91 Å². The van der Waals surface area contributed by atoms with E-state index in [0.717, 1.165) is 92.0 Å². The van der Waals surface area contributed by atoms with E-state index < -0.39 is 0 Å². The maximum atomic E-state index is 12.9. The number of imidazole rings is 1. The highest BCUT2D eigenvalue weighted by atomic mass is 16.5. The monoisotopic (exact) mass is 587 g/mol. The van der Waals surface area contributed by atoms with Crippen molar-refractivity contribution in [3.63, 3.8) is 0 Å². The number of rotatable bonds is 7. The second-order valence-corrected chi connectivity index (χ2v) is 11.5. The number of carbonyl (C=O) groups is 1. The van der Waals surface area contributed by atoms with Crippen molar-refractivity contribution in [2.45, 2.75) is 0 Å². The minimum Gasteiger partial charge on any atom is -0.378 e. The molecule has 3 heterocycles. The number of amides is 1. The van der Waals surface area contributed by atoms with Gasteiger partial charge in [0.2, 0.25) is 0 Å². The SMILES string of the molecule is CN1CCN(c2ccc(NC(=O)c3ccc(-c4nc5ccc(Nc6ccc(N7CCOCC7)cc6)cc5[nH]4)cc3)cc2)CC1. The number of benzene rings is 4. The molecule has 3 N–H and O–H groups in total. The average molecular weight is 588 g/mol. The van der Waals surface area contributed by atoms with E-state index in [1.165, 1.54) is 11.4 Å². The topological polar surface area (TPSA) is 88.8 Å². The number of fused-ring (bicyclic) bond motifs is 1. The van der Waals surface area contributed by atoms with Gasteiger partial charge in [-0.2, -0.15) is 0 Å². The van der Waals surface area contributed by atoms with E-state index in [9.17, 15) is 4.79 Å². The van der Waals surface area contributed by atoms with Crippen molar-refractivity contribution in [2.24, 2.45) is 0 Å². The minimum absolute atomic E-state index is 0.137. The van der Waals surface area contributed by atoms with Gasteiger partial charge in [-0.05, 0) is 85.9 Å². The molecule has 0 radical (unpaired) electrons. The molecule has 9 nitrogen and oxygen atoms in total. The Morgan fingerprint density at radius 3 is 2.02 bits per heavy atom. The Bertz CT molecular complexity index is 1720. The number of nitrogens with one attached hydrogen (secondary N) is 3. The fourth-order valence-corrected chi connectivity index (χ4v) is 5.77. The molecule has 224 valence electrons. The van der Waals surface area contributed by atoms with Gasteiger partial charge in [0.05, 0.1) is 24.2 Å². The number of hydrogen-bond acceptors (Lipinski definition) is 7. The number of aromatic nitrogens is 2. The van der Waals surface area contributed by atoms with Crippen LogP contribution in [0.3, 0.4) is 0 Å². The lowest BCUT2D eigenvalue weighted by atomic mass is 10.1. The molecule has 0 spiro atoms. The van der Waals surface area contributed by atoms with Gasteiger partial charge in [-0.25, -0.2) is 4.98 Å². The first-order chi connectivity index (χ1) is 21.6. The standard InChI is InChI=1S/C35H37N7O2/c1-40-16-18-41(19-17-40)30-13-8-28(9-14-30)37-35(43)26-4-2-25(3-5-26)34-38-32-15-10-29(24-33(32)39-34)36-27-6-11-31(12-7-27)42-20-22-44-23-21-42/h2-15,24,36H,16-23H2,1H3,(H,37,43)(H,38,39). The van der Waals surface area contributed by atoms with Gasteiger partial charge in [-0.1, -0.05) is 12.1 Å². The smallest absolute Gasteiger partial charge is 0.255 e. The van der Waals surface area contributed by atoms with Crippen molar-refractivity contribution in [2.75, 3.05) is 80.0 Å². The molecule has 2 fully saturated rings. The quantitative estimate of drug-likeness (QED) is 0.221. The molecule has 2 aliphatic heterocycles. The molecular formula is C35H37N7O2. The van der Waals surface area contributed by atoms with Crippen LogP contribution in [0, 0.1) is 0 Å². The fraction of sp³-hybridized carbons (Fsp3) is 0.257. The Morgan fingerprint density at radius 1 is 0.727 bits per heavy atom. The number of aromatic amines is 1. The Labute approximate surface area is 257 Å². The molecule has 1 aromatic heterocycles. The van der Waals surface area contributed by atoms with Crippen LogP contribution < -0.4 is 20.4 Å². The highest BCUT2D eigenvalue weighted by molar-refractivity contribution is 6.04. The summed E-state index contributed by atoms with van der Waals surface area (Å²) < 4.78 is 5.46. The number of ether oxygens (including phenoxy) is 1.